The number of fused-ring (bicyclic) bond motifs is 3. The molecule has 38 heavy (non-hydrogen) atoms. The number of ether oxygens (including phenoxy) is 2. The second kappa shape index (κ2) is 11.2. The Morgan fingerprint density at radius 2 is 2.00 bits per heavy atom. The van der Waals surface area contributed by atoms with E-state index < -0.39 is 12.0 Å². The van der Waals surface area contributed by atoms with E-state index in [0.29, 0.717) is 34.8 Å². The molecule has 2 unspecified atom stereocenters. The molecule has 6 rings (SSSR count). The van der Waals surface area contributed by atoms with E-state index >= 15 is 0 Å². The fraction of sp³-hybridized carbons (Fsp3) is 0.407. The molecule has 2 aromatic carbocycles. The van der Waals surface area contributed by atoms with E-state index in [1.165, 1.54) is 18.5 Å². The minimum Gasteiger partial charge on any atom is -0.488 e. The molecule has 2 bridgehead atoms. The number of likely N-dealkylation sites (N-methyl/N-ethyl adjacent to an activating group) is 1. The Balaban J connectivity index is 1.46. The highest BCUT2D eigenvalue weighted by molar-refractivity contribution is 6.42. The number of hydrogen-bond donors (Lipinski definition) is 2. The van der Waals surface area contributed by atoms with Crippen molar-refractivity contribution >= 4 is 45.6 Å². The summed E-state index contributed by atoms with van der Waals surface area (Å²) in [6, 6.07) is 6.68. The monoisotopic (exact) mass is 561 g/mol. The van der Waals surface area contributed by atoms with Crippen molar-refractivity contribution in [2.24, 2.45) is 11.8 Å². The molecule has 3 heterocycles. The minimum absolute atomic E-state index is 0.00882. The number of hydrogen-bond acceptors (Lipinski definition) is 8. The van der Waals surface area contributed by atoms with Crippen LogP contribution in [0.25, 0.3) is 10.9 Å². The first-order valence-corrected chi connectivity index (χ1v) is 13.2. The molecule has 2 aliphatic heterocycles. The van der Waals surface area contributed by atoms with Crippen LogP contribution in [0, 0.1) is 17.7 Å². The van der Waals surface area contributed by atoms with Crippen LogP contribution in [0.2, 0.25) is 10.0 Å². The standard InChI is InChI=1S/C27H30Cl2FN5O3/c1-4-23(36)35-12-15-9-16(13-35)26(15)38-22-10-17-20(11-21(22)37-8-7-34(2)3)31-14-32-27(17)33-19-6-5-18(28)24(29)25(19)30/h4-6,10-11,14-16,23,26,36H,1,7-9,12-13H2,2-3H3,(H,31,32,33)/t15-,16+,23?,26?. The molecule has 2 N–H and O–H groups in total. The molecule has 3 aromatic rings. The second-order valence-corrected chi connectivity index (χ2v) is 10.8. The van der Waals surface area contributed by atoms with Crippen molar-refractivity contribution < 1.29 is 19.0 Å². The van der Waals surface area contributed by atoms with Crippen LogP contribution in [0.5, 0.6) is 11.5 Å². The van der Waals surface area contributed by atoms with E-state index in [2.05, 4.69) is 21.9 Å². The Morgan fingerprint density at radius 1 is 1.24 bits per heavy atom. The predicted molar refractivity (Wildman–Crippen MR) is 147 cm³/mol. The zero-order valence-corrected chi connectivity index (χ0v) is 22.7. The lowest BCUT2D eigenvalue weighted by Crippen LogP contribution is -2.62. The van der Waals surface area contributed by atoms with Crippen LogP contribution >= 0.6 is 23.2 Å². The topological polar surface area (TPSA) is 83.0 Å². The molecule has 11 heteroatoms. The first-order valence-electron chi connectivity index (χ1n) is 12.4. The first kappa shape index (κ1) is 26.9. The van der Waals surface area contributed by atoms with Crippen molar-refractivity contribution in [2.45, 2.75) is 18.8 Å². The number of halogens is 3. The van der Waals surface area contributed by atoms with Gasteiger partial charge in [-0.25, -0.2) is 14.4 Å². The molecule has 0 radical (unpaired) electrons. The Bertz CT molecular complexity index is 1330. The molecular weight excluding hydrogens is 532 g/mol. The van der Waals surface area contributed by atoms with Gasteiger partial charge in [0.05, 0.1) is 21.2 Å². The molecule has 1 aliphatic carbocycles. The van der Waals surface area contributed by atoms with E-state index in [1.807, 2.05) is 36.0 Å². The third-order valence-electron chi connectivity index (χ3n) is 7.11. The van der Waals surface area contributed by atoms with E-state index in [9.17, 15) is 9.50 Å². The molecule has 4 atom stereocenters. The Kier molecular flexibility index (Phi) is 7.93. The Morgan fingerprint density at radius 3 is 2.71 bits per heavy atom. The van der Waals surface area contributed by atoms with Crippen LogP contribution in [0.15, 0.2) is 43.2 Å². The number of nitrogens with zero attached hydrogens (tertiary/aromatic N) is 4. The van der Waals surface area contributed by atoms with E-state index in [-0.39, 0.29) is 33.7 Å². The van der Waals surface area contributed by atoms with Gasteiger partial charge >= 0.3 is 0 Å². The van der Waals surface area contributed by atoms with Gasteiger partial charge in [-0.15, -0.1) is 0 Å². The summed E-state index contributed by atoms with van der Waals surface area (Å²) in [5, 5.41) is 13.8. The molecule has 202 valence electrons. The minimum atomic E-state index is -0.667. The summed E-state index contributed by atoms with van der Waals surface area (Å²) in [7, 11) is 3.96. The van der Waals surface area contributed by atoms with E-state index in [1.54, 1.807) is 6.08 Å². The van der Waals surface area contributed by atoms with Crippen LogP contribution in [0.3, 0.4) is 0 Å². The number of anilines is 2. The van der Waals surface area contributed by atoms with Crippen LogP contribution in [0.4, 0.5) is 15.9 Å². The van der Waals surface area contributed by atoms with Gasteiger partial charge in [-0.1, -0.05) is 29.8 Å². The Hall–Kier alpha value is -2.69. The van der Waals surface area contributed by atoms with Crippen molar-refractivity contribution in [3.8, 4) is 11.5 Å². The lowest BCUT2D eigenvalue weighted by Gasteiger charge is -2.53. The van der Waals surface area contributed by atoms with Gasteiger partial charge in [0, 0.05) is 42.9 Å². The van der Waals surface area contributed by atoms with Gasteiger partial charge in [0.1, 0.15) is 31.1 Å². The third kappa shape index (κ3) is 5.39. The number of aliphatic hydroxyl groups excluding tert-OH is 1. The van der Waals surface area contributed by atoms with Crippen molar-refractivity contribution in [3.63, 3.8) is 0 Å². The molecular formula is C27H30Cl2FN5O3. The smallest absolute Gasteiger partial charge is 0.166 e. The van der Waals surface area contributed by atoms with Crippen molar-refractivity contribution in [1.82, 2.24) is 19.8 Å². The summed E-state index contributed by atoms with van der Waals surface area (Å²) in [5.74, 6) is 1.44. The second-order valence-electron chi connectivity index (χ2n) is 9.98. The molecule has 3 fully saturated rings. The molecule has 1 aromatic heterocycles. The maximum atomic E-state index is 14.8. The van der Waals surface area contributed by atoms with Gasteiger partial charge in [0.15, 0.2) is 17.3 Å². The predicted octanol–water partition coefficient (Wildman–Crippen LogP) is 4.96. The maximum Gasteiger partial charge on any atom is 0.166 e. The van der Waals surface area contributed by atoms with Crippen molar-refractivity contribution in [3.05, 3.63) is 59.1 Å². The van der Waals surface area contributed by atoms with Crippen LogP contribution in [0.1, 0.15) is 6.42 Å². The Labute approximate surface area is 231 Å². The normalized spacial score (nSPS) is 21.7. The van der Waals surface area contributed by atoms with Gasteiger partial charge < -0.3 is 24.8 Å². The number of aromatic nitrogens is 2. The van der Waals surface area contributed by atoms with Crippen molar-refractivity contribution in [2.75, 3.05) is 45.7 Å². The lowest BCUT2D eigenvalue weighted by atomic mass is 9.68. The first-order chi connectivity index (χ1) is 18.2. The number of nitrogens with one attached hydrogen (secondary N) is 1. The summed E-state index contributed by atoms with van der Waals surface area (Å²) >= 11 is 12.0. The van der Waals surface area contributed by atoms with Crippen LogP contribution in [-0.4, -0.2) is 77.5 Å². The molecule has 3 aliphatic rings. The maximum absolute atomic E-state index is 14.8. The van der Waals surface area contributed by atoms with Crippen LogP contribution in [-0.2, 0) is 0 Å². The fourth-order valence-corrected chi connectivity index (χ4v) is 5.35. The number of piperidine rings is 2. The average Bonchev–Trinajstić information content (AvgIpc) is 2.91. The zero-order chi connectivity index (χ0) is 27.0. The highest BCUT2D eigenvalue weighted by Gasteiger charge is 2.49. The summed E-state index contributed by atoms with van der Waals surface area (Å²) < 4.78 is 27.5. The number of benzene rings is 2. The largest absolute Gasteiger partial charge is 0.488 e. The van der Waals surface area contributed by atoms with E-state index in [0.717, 1.165) is 26.1 Å². The molecule has 8 nitrogen and oxygen atoms in total. The molecule has 2 saturated heterocycles. The quantitative estimate of drug-likeness (QED) is 0.265. The van der Waals surface area contributed by atoms with Gasteiger partial charge in [-0.2, -0.15) is 0 Å². The summed E-state index contributed by atoms with van der Waals surface area (Å²) in [4.78, 5) is 12.8. The molecule has 0 amide bonds. The number of rotatable bonds is 10. The molecule has 0 spiro atoms. The lowest BCUT2D eigenvalue weighted by molar-refractivity contribution is -0.126. The summed E-state index contributed by atoms with van der Waals surface area (Å²) in [6.45, 7) is 6.35. The SMILES string of the molecule is C=CC(O)N1C[C@H]2C[C@@H](C1)C2Oc1cc2c(Nc3ccc(Cl)c(Cl)c3F)ncnc2cc1OCCN(C)C. The highest BCUT2D eigenvalue weighted by Crippen LogP contribution is 2.45. The van der Waals surface area contributed by atoms with Crippen LogP contribution < -0.4 is 14.8 Å². The summed E-state index contributed by atoms with van der Waals surface area (Å²) in [5.41, 5.74) is 0.756. The molecule has 1 saturated carbocycles. The zero-order valence-electron chi connectivity index (χ0n) is 21.2. The van der Waals surface area contributed by atoms with E-state index in [4.69, 9.17) is 32.7 Å². The summed E-state index contributed by atoms with van der Waals surface area (Å²) in [6.07, 6.45) is 3.33. The van der Waals surface area contributed by atoms with Crippen molar-refractivity contribution in [1.29, 1.82) is 0 Å². The van der Waals surface area contributed by atoms with Gasteiger partial charge in [0.25, 0.3) is 0 Å². The van der Waals surface area contributed by atoms with Gasteiger partial charge in [-0.05, 0) is 44.8 Å². The van der Waals surface area contributed by atoms with Gasteiger partial charge in [0.2, 0.25) is 0 Å². The number of aliphatic hydroxyl groups is 1. The fourth-order valence-electron chi connectivity index (χ4n) is 5.04. The third-order valence-corrected chi connectivity index (χ3v) is 7.89. The highest BCUT2D eigenvalue weighted by atomic mass is 35.5. The van der Waals surface area contributed by atoms with Gasteiger partial charge in [-0.3, -0.25) is 4.90 Å². The average molecular weight is 562 g/mol.